The van der Waals surface area contributed by atoms with Crippen LogP contribution in [-0.4, -0.2) is 20.9 Å². The molecule has 3 rings (SSSR count). The van der Waals surface area contributed by atoms with Crippen molar-refractivity contribution in [2.75, 3.05) is 11.3 Å². The molecule has 3 aromatic rings. The molecule has 0 aliphatic rings. The molecule has 0 saturated heterocycles. The summed E-state index contributed by atoms with van der Waals surface area (Å²) in [5, 5.41) is 2.75. The Morgan fingerprint density at radius 3 is 1.93 bits per heavy atom. The smallest absolute Gasteiger partial charge is 0.261 e. The maximum Gasteiger partial charge on any atom is 0.261 e. The van der Waals surface area contributed by atoms with E-state index in [2.05, 4.69) is 10.0 Å². The summed E-state index contributed by atoms with van der Waals surface area (Å²) in [4.78, 5) is 12.1. The molecule has 3 aromatic carbocycles. The van der Waals surface area contributed by atoms with E-state index >= 15 is 0 Å². The van der Waals surface area contributed by atoms with Crippen molar-refractivity contribution in [1.29, 1.82) is 0 Å². The zero-order valence-electron chi connectivity index (χ0n) is 15.2. The minimum atomic E-state index is -3.86. The molecule has 0 radical (unpaired) electrons. The number of anilines is 1. The van der Waals surface area contributed by atoms with Crippen LogP contribution in [0.4, 0.5) is 14.5 Å². The molecule has 0 heterocycles. The fraction of sp³-hybridized carbons (Fsp3) is 0.0952. The van der Waals surface area contributed by atoms with Crippen LogP contribution in [0.1, 0.15) is 15.9 Å². The highest BCUT2D eigenvalue weighted by molar-refractivity contribution is 7.92. The van der Waals surface area contributed by atoms with Crippen LogP contribution in [0.15, 0.2) is 77.7 Å². The second kappa shape index (κ2) is 8.83. The summed E-state index contributed by atoms with van der Waals surface area (Å²) in [7, 11) is -3.86. The van der Waals surface area contributed by atoms with Gasteiger partial charge in [0.05, 0.1) is 4.90 Å². The van der Waals surface area contributed by atoms with E-state index in [1.54, 1.807) is 12.1 Å². The first-order chi connectivity index (χ1) is 13.8. The first-order valence-corrected chi connectivity index (χ1v) is 10.2. The summed E-state index contributed by atoms with van der Waals surface area (Å²) >= 11 is 0. The van der Waals surface area contributed by atoms with Crippen molar-refractivity contribution in [2.45, 2.75) is 11.3 Å². The number of benzene rings is 3. The van der Waals surface area contributed by atoms with Crippen molar-refractivity contribution >= 4 is 21.6 Å². The van der Waals surface area contributed by atoms with E-state index < -0.39 is 15.8 Å². The van der Waals surface area contributed by atoms with Crippen molar-refractivity contribution in [2.24, 2.45) is 0 Å². The van der Waals surface area contributed by atoms with E-state index in [0.717, 1.165) is 17.7 Å². The Hall–Kier alpha value is -3.26. The van der Waals surface area contributed by atoms with Crippen LogP contribution in [0.3, 0.4) is 0 Å². The molecule has 0 aromatic heterocycles. The molecule has 0 atom stereocenters. The van der Waals surface area contributed by atoms with Crippen LogP contribution in [0.2, 0.25) is 0 Å². The number of halogens is 2. The van der Waals surface area contributed by atoms with Crippen molar-refractivity contribution in [3.63, 3.8) is 0 Å². The van der Waals surface area contributed by atoms with Crippen molar-refractivity contribution in [3.05, 3.63) is 95.6 Å². The summed E-state index contributed by atoms with van der Waals surface area (Å²) in [6, 6.07) is 16.4. The Balaban J connectivity index is 1.56. The zero-order chi connectivity index (χ0) is 20.9. The third-order valence-corrected chi connectivity index (χ3v) is 5.53. The lowest BCUT2D eigenvalue weighted by Crippen LogP contribution is -2.25. The number of hydrogen-bond acceptors (Lipinski definition) is 3. The summed E-state index contributed by atoms with van der Waals surface area (Å²) in [6.07, 6.45) is 0.557. The van der Waals surface area contributed by atoms with Gasteiger partial charge in [0, 0.05) is 17.8 Å². The number of nitrogens with one attached hydrogen (secondary N) is 2. The van der Waals surface area contributed by atoms with Gasteiger partial charge in [-0.15, -0.1) is 0 Å². The van der Waals surface area contributed by atoms with E-state index in [1.165, 1.54) is 48.5 Å². The lowest BCUT2D eigenvalue weighted by molar-refractivity contribution is 0.0954. The van der Waals surface area contributed by atoms with Crippen LogP contribution >= 0.6 is 0 Å². The van der Waals surface area contributed by atoms with Crippen molar-refractivity contribution in [3.8, 4) is 0 Å². The van der Waals surface area contributed by atoms with Gasteiger partial charge in [-0.2, -0.15) is 0 Å². The number of rotatable bonds is 7. The molecule has 0 unspecified atom stereocenters. The average molecular weight is 416 g/mol. The summed E-state index contributed by atoms with van der Waals surface area (Å²) in [5.41, 5.74) is 1.54. The van der Waals surface area contributed by atoms with Gasteiger partial charge in [-0.25, -0.2) is 17.2 Å². The number of carbonyl (C=O) groups is 1. The molecule has 0 aliphatic heterocycles. The molecule has 0 saturated carbocycles. The molecular formula is C21H18F2N2O3S. The predicted octanol–water partition coefficient (Wildman–Crippen LogP) is 3.74. The summed E-state index contributed by atoms with van der Waals surface area (Å²) < 4.78 is 52.8. The Bertz CT molecular complexity index is 1080. The summed E-state index contributed by atoms with van der Waals surface area (Å²) in [5.74, 6) is -1.15. The van der Waals surface area contributed by atoms with E-state index in [4.69, 9.17) is 0 Å². The van der Waals surface area contributed by atoms with Gasteiger partial charge in [0.25, 0.3) is 15.9 Å². The van der Waals surface area contributed by atoms with E-state index in [0.29, 0.717) is 18.5 Å². The molecule has 1 amide bonds. The van der Waals surface area contributed by atoms with E-state index in [9.17, 15) is 22.0 Å². The zero-order valence-corrected chi connectivity index (χ0v) is 16.0. The normalized spacial score (nSPS) is 11.1. The SMILES string of the molecule is O=C(NCCc1ccc(F)cc1)c1ccc(NS(=O)(=O)c2ccc(F)cc2)cc1. The van der Waals surface area contributed by atoms with Crippen LogP contribution in [0, 0.1) is 11.6 Å². The second-order valence-electron chi connectivity index (χ2n) is 6.27. The highest BCUT2D eigenvalue weighted by Gasteiger charge is 2.14. The standard InChI is InChI=1S/C21H18F2N2O3S/c22-17-5-1-15(2-6-17)13-14-24-21(26)16-3-9-19(10-4-16)25-29(27,28)20-11-7-18(23)8-12-20/h1-12,25H,13-14H2,(H,24,26). The molecule has 29 heavy (non-hydrogen) atoms. The Labute approximate surface area is 167 Å². The minimum Gasteiger partial charge on any atom is -0.352 e. The van der Waals surface area contributed by atoms with Gasteiger partial charge in [-0.1, -0.05) is 12.1 Å². The molecule has 5 nitrogen and oxygen atoms in total. The molecule has 0 fully saturated rings. The quantitative estimate of drug-likeness (QED) is 0.616. The number of carbonyl (C=O) groups excluding carboxylic acids is 1. The molecular weight excluding hydrogens is 398 g/mol. The summed E-state index contributed by atoms with van der Waals surface area (Å²) in [6.45, 7) is 0.378. The predicted molar refractivity (Wildman–Crippen MR) is 106 cm³/mol. The topological polar surface area (TPSA) is 75.3 Å². The molecule has 0 aliphatic carbocycles. The van der Waals surface area contributed by atoms with Gasteiger partial charge in [0.1, 0.15) is 11.6 Å². The maximum absolute atomic E-state index is 13.0. The minimum absolute atomic E-state index is 0.0680. The number of hydrogen-bond donors (Lipinski definition) is 2. The average Bonchev–Trinajstić information content (AvgIpc) is 2.70. The van der Waals surface area contributed by atoms with Gasteiger partial charge in [0.15, 0.2) is 0 Å². The van der Waals surface area contributed by atoms with Gasteiger partial charge >= 0.3 is 0 Å². The fourth-order valence-electron chi connectivity index (χ4n) is 2.59. The highest BCUT2D eigenvalue weighted by atomic mass is 32.2. The van der Waals surface area contributed by atoms with Crippen molar-refractivity contribution in [1.82, 2.24) is 5.32 Å². The third kappa shape index (κ3) is 5.61. The van der Waals surface area contributed by atoms with Crippen LogP contribution in [0.5, 0.6) is 0 Å². The molecule has 2 N–H and O–H groups in total. The fourth-order valence-corrected chi connectivity index (χ4v) is 3.65. The van der Waals surface area contributed by atoms with Crippen LogP contribution in [-0.2, 0) is 16.4 Å². The Morgan fingerprint density at radius 1 is 0.793 bits per heavy atom. The molecule has 0 spiro atoms. The van der Waals surface area contributed by atoms with E-state index in [1.807, 2.05) is 0 Å². The van der Waals surface area contributed by atoms with Crippen molar-refractivity contribution < 1.29 is 22.0 Å². The van der Waals surface area contributed by atoms with Gasteiger partial charge in [0.2, 0.25) is 0 Å². The third-order valence-electron chi connectivity index (χ3n) is 4.14. The van der Waals surface area contributed by atoms with Gasteiger partial charge < -0.3 is 5.32 Å². The first-order valence-electron chi connectivity index (χ1n) is 8.74. The largest absolute Gasteiger partial charge is 0.352 e. The highest BCUT2D eigenvalue weighted by Crippen LogP contribution is 2.17. The second-order valence-corrected chi connectivity index (χ2v) is 7.95. The first kappa shape index (κ1) is 20.5. The monoisotopic (exact) mass is 416 g/mol. The maximum atomic E-state index is 13.0. The molecule has 8 heteroatoms. The number of sulfonamides is 1. The Morgan fingerprint density at radius 2 is 1.34 bits per heavy atom. The van der Waals surface area contributed by atoms with Crippen LogP contribution < -0.4 is 10.0 Å². The Kier molecular flexibility index (Phi) is 6.23. The molecule has 0 bridgehead atoms. The lowest BCUT2D eigenvalue weighted by Gasteiger charge is -2.09. The lowest BCUT2D eigenvalue weighted by atomic mass is 10.1. The van der Waals surface area contributed by atoms with Crippen LogP contribution in [0.25, 0.3) is 0 Å². The van der Waals surface area contributed by atoms with Gasteiger partial charge in [-0.3, -0.25) is 9.52 Å². The molecule has 150 valence electrons. The number of amides is 1. The van der Waals surface area contributed by atoms with E-state index in [-0.39, 0.29) is 22.3 Å². The van der Waals surface area contributed by atoms with Gasteiger partial charge in [-0.05, 0) is 72.6 Å².